The number of carbonyl (C=O) groups is 1. The van der Waals surface area contributed by atoms with Gasteiger partial charge in [-0.15, -0.1) is 0 Å². The quantitative estimate of drug-likeness (QED) is 0.877. The van der Waals surface area contributed by atoms with Gasteiger partial charge in [-0.05, 0) is 54.8 Å². The number of rotatable bonds is 2. The van der Waals surface area contributed by atoms with E-state index >= 15 is 0 Å². The van der Waals surface area contributed by atoms with Gasteiger partial charge in [-0.1, -0.05) is 12.1 Å². The lowest BCUT2D eigenvalue weighted by atomic mass is 9.95. The van der Waals surface area contributed by atoms with Crippen molar-refractivity contribution in [3.63, 3.8) is 0 Å². The number of fused-ring (bicyclic) bond motifs is 1. The van der Waals surface area contributed by atoms with E-state index in [9.17, 15) is 4.79 Å². The zero-order chi connectivity index (χ0) is 13.9. The Kier molecular flexibility index (Phi) is 3.48. The van der Waals surface area contributed by atoms with Crippen LogP contribution in [0.1, 0.15) is 27.0 Å². The van der Waals surface area contributed by atoms with Crippen molar-refractivity contribution in [2.45, 2.75) is 19.9 Å². The highest BCUT2D eigenvalue weighted by molar-refractivity contribution is 6.05. The normalized spacial score (nSPS) is 13.7. The van der Waals surface area contributed by atoms with Crippen LogP contribution < -0.4 is 10.6 Å². The average Bonchev–Trinajstić information content (AvgIpc) is 2.46. The van der Waals surface area contributed by atoms with Crippen molar-refractivity contribution < 1.29 is 4.79 Å². The number of aromatic nitrogens is 1. The molecule has 102 valence electrons. The Bertz CT molecular complexity index is 652. The third-order valence-corrected chi connectivity index (χ3v) is 3.55. The van der Waals surface area contributed by atoms with E-state index in [4.69, 9.17) is 0 Å². The van der Waals surface area contributed by atoms with E-state index in [1.807, 2.05) is 31.2 Å². The highest BCUT2D eigenvalue weighted by atomic mass is 16.1. The van der Waals surface area contributed by atoms with Crippen molar-refractivity contribution in [1.82, 2.24) is 10.3 Å². The van der Waals surface area contributed by atoms with Crippen LogP contribution in [-0.4, -0.2) is 17.4 Å². The minimum Gasteiger partial charge on any atom is -0.312 e. The largest absolute Gasteiger partial charge is 0.312 e. The summed E-state index contributed by atoms with van der Waals surface area (Å²) in [6, 6.07) is 9.69. The minimum absolute atomic E-state index is 0.0938. The maximum absolute atomic E-state index is 12.4. The highest BCUT2D eigenvalue weighted by Gasteiger charge is 2.17. The van der Waals surface area contributed by atoms with Crippen LogP contribution in [0.15, 0.2) is 36.5 Å². The molecule has 0 saturated heterocycles. The Morgan fingerprint density at radius 2 is 2.25 bits per heavy atom. The van der Waals surface area contributed by atoms with E-state index in [0.717, 1.165) is 36.2 Å². The van der Waals surface area contributed by atoms with Crippen molar-refractivity contribution in [3.05, 3.63) is 58.8 Å². The van der Waals surface area contributed by atoms with Gasteiger partial charge in [0.15, 0.2) is 0 Å². The molecule has 0 bridgehead atoms. The second-order valence-corrected chi connectivity index (χ2v) is 5.04. The standard InChI is InChI=1S/C16H17N3O/c1-11-5-8-18-15(9-11)19-16(20)13-4-2-3-12-6-7-17-10-14(12)13/h2-5,8-9,17H,6-7,10H2,1H3,(H,18,19,20). The Morgan fingerprint density at radius 3 is 3.10 bits per heavy atom. The molecular weight excluding hydrogens is 250 g/mol. The molecule has 2 N–H and O–H groups in total. The van der Waals surface area contributed by atoms with Crippen molar-refractivity contribution >= 4 is 11.7 Å². The lowest BCUT2D eigenvalue weighted by molar-refractivity contribution is 0.102. The summed E-state index contributed by atoms with van der Waals surface area (Å²) in [6.45, 7) is 3.70. The molecule has 0 radical (unpaired) electrons. The lowest BCUT2D eigenvalue weighted by Gasteiger charge is -2.19. The summed E-state index contributed by atoms with van der Waals surface area (Å²) < 4.78 is 0. The van der Waals surface area contributed by atoms with Gasteiger partial charge in [-0.3, -0.25) is 4.79 Å². The van der Waals surface area contributed by atoms with Gasteiger partial charge in [-0.2, -0.15) is 0 Å². The number of hydrogen-bond donors (Lipinski definition) is 2. The van der Waals surface area contributed by atoms with Crippen molar-refractivity contribution in [2.24, 2.45) is 0 Å². The van der Waals surface area contributed by atoms with Crippen LogP contribution >= 0.6 is 0 Å². The first-order valence-electron chi connectivity index (χ1n) is 6.79. The number of benzene rings is 1. The molecule has 1 aliphatic rings. The molecule has 2 aromatic rings. The third-order valence-electron chi connectivity index (χ3n) is 3.55. The second kappa shape index (κ2) is 5.43. The van der Waals surface area contributed by atoms with Gasteiger partial charge >= 0.3 is 0 Å². The van der Waals surface area contributed by atoms with Crippen LogP contribution in [0, 0.1) is 6.92 Å². The lowest BCUT2D eigenvalue weighted by Crippen LogP contribution is -2.27. The molecule has 1 aliphatic heterocycles. The molecule has 0 aliphatic carbocycles. The van der Waals surface area contributed by atoms with E-state index in [0.29, 0.717) is 5.82 Å². The van der Waals surface area contributed by atoms with E-state index in [1.54, 1.807) is 6.20 Å². The van der Waals surface area contributed by atoms with Crippen LogP contribution in [0.2, 0.25) is 0 Å². The van der Waals surface area contributed by atoms with Crippen molar-refractivity contribution in [2.75, 3.05) is 11.9 Å². The molecule has 2 heterocycles. The molecule has 1 aromatic heterocycles. The Hall–Kier alpha value is -2.20. The number of nitrogens with one attached hydrogen (secondary N) is 2. The number of amides is 1. The van der Waals surface area contributed by atoms with E-state index in [2.05, 4.69) is 21.7 Å². The highest BCUT2D eigenvalue weighted by Crippen LogP contribution is 2.19. The van der Waals surface area contributed by atoms with Gasteiger partial charge in [0, 0.05) is 18.3 Å². The first-order chi connectivity index (χ1) is 9.74. The number of pyridine rings is 1. The Labute approximate surface area is 118 Å². The monoisotopic (exact) mass is 267 g/mol. The van der Waals surface area contributed by atoms with Gasteiger partial charge in [0.05, 0.1) is 0 Å². The van der Waals surface area contributed by atoms with Crippen LogP contribution in [0.3, 0.4) is 0 Å². The molecule has 1 aromatic carbocycles. The van der Waals surface area contributed by atoms with Crippen molar-refractivity contribution in [1.29, 1.82) is 0 Å². The molecule has 0 fully saturated rings. The van der Waals surface area contributed by atoms with Crippen LogP contribution in [-0.2, 0) is 13.0 Å². The van der Waals surface area contributed by atoms with E-state index in [1.165, 1.54) is 5.56 Å². The number of nitrogens with zero attached hydrogens (tertiary/aromatic N) is 1. The maximum Gasteiger partial charge on any atom is 0.257 e. The molecule has 0 unspecified atom stereocenters. The number of carbonyl (C=O) groups excluding carboxylic acids is 1. The summed E-state index contributed by atoms with van der Waals surface area (Å²) in [5, 5.41) is 6.18. The Morgan fingerprint density at radius 1 is 1.35 bits per heavy atom. The fourth-order valence-corrected chi connectivity index (χ4v) is 2.51. The summed E-state index contributed by atoms with van der Waals surface area (Å²) in [4.78, 5) is 16.6. The molecule has 0 spiro atoms. The first-order valence-corrected chi connectivity index (χ1v) is 6.79. The van der Waals surface area contributed by atoms with Gasteiger partial charge in [0.2, 0.25) is 0 Å². The van der Waals surface area contributed by atoms with E-state index in [-0.39, 0.29) is 5.91 Å². The predicted octanol–water partition coefficient (Wildman–Crippen LogP) is 2.29. The smallest absolute Gasteiger partial charge is 0.257 e. The average molecular weight is 267 g/mol. The first kappa shape index (κ1) is 12.8. The molecule has 4 nitrogen and oxygen atoms in total. The van der Waals surface area contributed by atoms with Gasteiger partial charge in [-0.25, -0.2) is 4.98 Å². The predicted molar refractivity (Wildman–Crippen MR) is 78.8 cm³/mol. The van der Waals surface area contributed by atoms with Crippen LogP contribution in [0.5, 0.6) is 0 Å². The van der Waals surface area contributed by atoms with Gasteiger partial charge < -0.3 is 10.6 Å². The Balaban J connectivity index is 1.88. The fourth-order valence-electron chi connectivity index (χ4n) is 2.51. The second-order valence-electron chi connectivity index (χ2n) is 5.04. The summed E-state index contributed by atoms with van der Waals surface area (Å²) in [5.41, 5.74) is 4.17. The zero-order valence-electron chi connectivity index (χ0n) is 11.4. The number of anilines is 1. The maximum atomic E-state index is 12.4. The molecular formula is C16H17N3O. The minimum atomic E-state index is -0.0938. The van der Waals surface area contributed by atoms with Gasteiger partial charge in [0.25, 0.3) is 5.91 Å². The zero-order valence-corrected chi connectivity index (χ0v) is 11.4. The molecule has 3 rings (SSSR count). The molecule has 4 heteroatoms. The summed E-state index contributed by atoms with van der Waals surface area (Å²) in [6.07, 6.45) is 2.67. The molecule has 20 heavy (non-hydrogen) atoms. The molecule has 0 saturated carbocycles. The van der Waals surface area contributed by atoms with Crippen LogP contribution in [0.4, 0.5) is 5.82 Å². The molecule has 0 atom stereocenters. The topological polar surface area (TPSA) is 54.0 Å². The van der Waals surface area contributed by atoms with Gasteiger partial charge in [0.1, 0.15) is 5.82 Å². The fraction of sp³-hybridized carbons (Fsp3) is 0.250. The summed E-state index contributed by atoms with van der Waals surface area (Å²) in [7, 11) is 0. The SMILES string of the molecule is Cc1ccnc(NC(=O)c2cccc3c2CNCC3)c1. The summed E-state index contributed by atoms with van der Waals surface area (Å²) >= 11 is 0. The number of aryl methyl sites for hydroxylation is 1. The van der Waals surface area contributed by atoms with E-state index < -0.39 is 0 Å². The molecule has 1 amide bonds. The summed E-state index contributed by atoms with van der Waals surface area (Å²) in [5.74, 6) is 0.500. The van der Waals surface area contributed by atoms with Crippen molar-refractivity contribution in [3.8, 4) is 0 Å². The number of hydrogen-bond acceptors (Lipinski definition) is 3. The third kappa shape index (κ3) is 2.56. The van der Waals surface area contributed by atoms with Crippen LogP contribution in [0.25, 0.3) is 0 Å².